The molecule has 6 heteroatoms. The Kier molecular flexibility index (Phi) is 2.70. The van der Waals surface area contributed by atoms with Crippen molar-refractivity contribution in [1.29, 1.82) is 0 Å². The van der Waals surface area contributed by atoms with E-state index in [2.05, 4.69) is 5.10 Å². The minimum absolute atomic E-state index is 0.0832. The Labute approximate surface area is 96.2 Å². The fraction of sp³-hybridized carbons (Fsp3) is 0.200. The summed E-state index contributed by atoms with van der Waals surface area (Å²) < 4.78 is 6.77. The van der Waals surface area contributed by atoms with Crippen molar-refractivity contribution >= 4 is 17.6 Å². The summed E-state index contributed by atoms with van der Waals surface area (Å²) in [5.41, 5.74) is 0. The lowest BCUT2D eigenvalue weighted by Gasteiger charge is -2.08. The summed E-state index contributed by atoms with van der Waals surface area (Å²) in [6.45, 7) is 1.84. The maximum Gasteiger partial charge on any atom is 0.371 e. The van der Waals surface area contributed by atoms with Gasteiger partial charge in [-0.2, -0.15) is 5.10 Å². The highest BCUT2D eigenvalue weighted by Crippen LogP contribution is 2.21. The van der Waals surface area contributed by atoms with Gasteiger partial charge in [0, 0.05) is 6.20 Å². The van der Waals surface area contributed by atoms with Gasteiger partial charge in [0.1, 0.15) is 11.8 Å². The van der Waals surface area contributed by atoms with Gasteiger partial charge < -0.3 is 9.52 Å². The molecule has 0 radical (unpaired) electrons. The largest absolute Gasteiger partial charge is 0.475 e. The highest BCUT2D eigenvalue weighted by molar-refractivity contribution is 6.30. The normalized spacial score (nSPS) is 12.6. The first kappa shape index (κ1) is 10.8. The molecule has 2 rings (SSSR count). The van der Waals surface area contributed by atoms with Crippen LogP contribution in [0.15, 0.2) is 28.9 Å². The van der Waals surface area contributed by atoms with Crippen molar-refractivity contribution in [3.63, 3.8) is 0 Å². The quantitative estimate of drug-likeness (QED) is 0.895. The Bertz CT molecular complexity index is 518. The highest BCUT2D eigenvalue weighted by atomic mass is 35.5. The highest BCUT2D eigenvalue weighted by Gasteiger charge is 2.16. The van der Waals surface area contributed by atoms with E-state index in [1.165, 1.54) is 12.3 Å². The van der Waals surface area contributed by atoms with Crippen molar-refractivity contribution in [2.75, 3.05) is 0 Å². The van der Waals surface area contributed by atoms with Gasteiger partial charge in [0.05, 0.1) is 11.2 Å². The summed E-state index contributed by atoms with van der Waals surface area (Å²) in [7, 11) is 0. The van der Waals surface area contributed by atoms with E-state index >= 15 is 0 Å². The molecular weight excluding hydrogens is 232 g/mol. The Balaban J connectivity index is 2.26. The zero-order valence-electron chi connectivity index (χ0n) is 8.42. The summed E-state index contributed by atoms with van der Waals surface area (Å²) in [6.07, 6.45) is 3.16. The molecule has 0 aliphatic heterocycles. The van der Waals surface area contributed by atoms with Gasteiger partial charge in [-0.15, -0.1) is 0 Å². The molecule has 0 saturated heterocycles. The van der Waals surface area contributed by atoms with Gasteiger partial charge in [-0.05, 0) is 19.1 Å². The minimum Gasteiger partial charge on any atom is -0.475 e. The van der Waals surface area contributed by atoms with Gasteiger partial charge in [0.25, 0.3) is 0 Å². The molecule has 2 aromatic heterocycles. The van der Waals surface area contributed by atoms with Crippen LogP contribution in [0, 0.1) is 0 Å². The number of aromatic nitrogens is 2. The molecule has 2 aromatic rings. The second-order valence-electron chi connectivity index (χ2n) is 3.32. The second-order valence-corrected chi connectivity index (χ2v) is 3.76. The molecule has 1 unspecified atom stereocenters. The molecule has 16 heavy (non-hydrogen) atoms. The van der Waals surface area contributed by atoms with Gasteiger partial charge in [-0.3, -0.25) is 4.68 Å². The molecule has 5 nitrogen and oxygen atoms in total. The molecule has 0 saturated carbocycles. The van der Waals surface area contributed by atoms with Gasteiger partial charge in [0.2, 0.25) is 5.76 Å². The van der Waals surface area contributed by atoms with Crippen molar-refractivity contribution in [2.24, 2.45) is 0 Å². The van der Waals surface area contributed by atoms with Crippen molar-refractivity contribution in [2.45, 2.75) is 13.0 Å². The van der Waals surface area contributed by atoms with Crippen molar-refractivity contribution in [3.8, 4) is 0 Å². The number of nitrogens with zero attached hydrogens (tertiary/aromatic N) is 2. The topological polar surface area (TPSA) is 68.3 Å². The van der Waals surface area contributed by atoms with Crippen LogP contribution in [0.25, 0.3) is 0 Å². The Morgan fingerprint density at radius 2 is 2.38 bits per heavy atom. The zero-order chi connectivity index (χ0) is 11.7. The minimum atomic E-state index is -1.09. The number of carboxylic acids is 1. The fourth-order valence-corrected chi connectivity index (χ4v) is 1.49. The zero-order valence-corrected chi connectivity index (χ0v) is 9.18. The molecule has 0 aliphatic rings. The Morgan fingerprint density at radius 3 is 2.88 bits per heavy atom. The first-order valence-corrected chi connectivity index (χ1v) is 4.98. The van der Waals surface area contributed by atoms with E-state index in [0.717, 1.165) is 0 Å². The first-order valence-electron chi connectivity index (χ1n) is 4.60. The molecule has 2 heterocycles. The predicted octanol–water partition coefficient (Wildman–Crippen LogP) is 2.44. The van der Waals surface area contributed by atoms with Crippen LogP contribution in [0.4, 0.5) is 0 Å². The average molecular weight is 241 g/mol. The lowest BCUT2D eigenvalue weighted by atomic mass is 10.2. The third-order valence-corrected chi connectivity index (χ3v) is 2.41. The molecule has 0 bridgehead atoms. The maximum absolute atomic E-state index is 10.6. The Morgan fingerprint density at radius 1 is 1.62 bits per heavy atom. The lowest BCUT2D eigenvalue weighted by molar-refractivity contribution is 0.0659. The van der Waals surface area contributed by atoms with E-state index in [1.54, 1.807) is 16.9 Å². The number of halogens is 1. The third-order valence-electron chi connectivity index (χ3n) is 2.22. The van der Waals surface area contributed by atoms with Crippen molar-refractivity contribution in [3.05, 3.63) is 41.1 Å². The fourth-order valence-electron chi connectivity index (χ4n) is 1.35. The van der Waals surface area contributed by atoms with Crippen LogP contribution in [0.3, 0.4) is 0 Å². The number of hydrogen-bond donors (Lipinski definition) is 1. The van der Waals surface area contributed by atoms with Crippen LogP contribution in [0.2, 0.25) is 5.02 Å². The van der Waals surface area contributed by atoms with Crippen LogP contribution in [-0.2, 0) is 0 Å². The van der Waals surface area contributed by atoms with Gasteiger partial charge in [0.15, 0.2) is 0 Å². The Hall–Kier alpha value is -1.75. The summed E-state index contributed by atoms with van der Waals surface area (Å²) >= 11 is 5.74. The standard InChI is InChI=1S/C10H9ClN2O3/c1-6(13-5-7(11)4-12-13)8-2-3-9(16-8)10(14)15/h2-6H,1H3,(H,14,15). The molecular formula is C10H9ClN2O3. The number of rotatable bonds is 3. The van der Waals surface area contributed by atoms with Gasteiger partial charge >= 0.3 is 5.97 Å². The number of furan rings is 1. The first-order chi connectivity index (χ1) is 7.58. The molecule has 0 amide bonds. The molecule has 0 spiro atoms. The number of carboxylic acid groups (broad SMARTS) is 1. The summed E-state index contributed by atoms with van der Waals surface area (Å²) in [5, 5.41) is 13.3. The van der Waals surface area contributed by atoms with Crippen LogP contribution in [0.1, 0.15) is 29.3 Å². The second kappa shape index (κ2) is 4.02. The van der Waals surface area contributed by atoms with E-state index in [9.17, 15) is 4.79 Å². The van der Waals surface area contributed by atoms with Crippen molar-refractivity contribution < 1.29 is 14.3 Å². The molecule has 0 fully saturated rings. The molecule has 0 aliphatic carbocycles. The van der Waals surface area contributed by atoms with Gasteiger partial charge in [-0.25, -0.2) is 4.79 Å². The molecule has 0 aromatic carbocycles. The smallest absolute Gasteiger partial charge is 0.371 e. The van der Waals surface area contributed by atoms with E-state index in [1.807, 2.05) is 6.92 Å². The van der Waals surface area contributed by atoms with Crippen LogP contribution in [0.5, 0.6) is 0 Å². The summed E-state index contributed by atoms with van der Waals surface area (Å²) in [4.78, 5) is 10.6. The number of hydrogen-bond acceptors (Lipinski definition) is 3. The van der Waals surface area contributed by atoms with E-state index in [4.69, 9.17) is 21.1 Å². The molecule has 84 valence electrons. The summed E-state index contributed by atoms with van der Waals surface area (Å²) in [5.74, 6) is -0.644. The van der Waals surface area contributed by atoms with Crippen molar-refractivity contribution in [1.82, 2.24) is 9.78 Å². The number of carbonyl (C=O) groups is 1. The lowest BCUT2D eigenvalue weighted by Crippen LogP contribution is -2.06. The predicted molar refractivity (Wildman–Crippen MR) is 56.7 cm³/mol. The van der Waals surface area contributed by atoms with Crippen LogP contribution in [-0.4, -0.2) is 20.9 Å². The van der Waals surface area contributed by atoms with E-state index in [-0.39, 0.29) is 11.8 Å². The monoisotopic (exact) mass is 240 g/mol. The number of aromatic carboxylic acids is 1. The SMILES string of the molecule is CC(c1ccc(C(=O)O)o1)n1cc(Cl)cn1. The third kappa shape index (κ3) is 1.94. The van der Waals surface area contributed by atoms with Crippen LogP contribution < -0.4 is 0 Å². The van der Waals surface area contributed by atoms with E-state index < -0.39 is 5.97 Å². The molecule has 1 atom stereocenters. The molecule has 1 N–H and O–H groups in total. The average Bonchev–Trinajstić information content (AvgIpc) is 2.84. The maximum atomic E-state index is 10.6. The van der Waals surface area contributed by atoms with E-state index in [0.29, 0.717) is 10.8 Å². The van der Waals surface area contributed by atoms with Crippen LogP contribution >= 0.6 is 11.6 Å². The summed E-state index contributed by atoms with van der Waals surface area (Å²) in [6, 6.07) is 2.84. The van der Waals surface area contributed by atoms with Gasteiger partial charge in [-0.1, -0.05) is 11.6 Å².